The molecule has 4 nitrogen and oxygen atoms in total. The summed E-state index contributed by atoms with van der Waals surface area (Å²) in [5.74, 6) is -0.185. The van der Waals surface area contributed by atoms with Crippen LogP contribution < -0.4 is 11.1 Å². The first-order valence-electron chi connectivity index (χ1n) is 4.98. The van der Waals surface area contributed by atoms with Crippen LogP contribution in [0.5, 0.6) is 0 Å². The fourth-order valence-corrected chi connectivity index (χ4v) is 1.04. The normalized spacial score (nSPS) is 10.2. The van der Waals surface area contributed by atoms with Gasteiger partial charge in [-0.1, -0.05) is 13.8 Å². The zero-order chi connectivity index (χ0) is 12.1. The Bertz CT molecular complexity index is 380. The molecule has 3 N–H and O–H groups in total. The average molecular weight is 226 g/mol. The van der Waals surface area contributed by atoms with Crippen LogP contribution in [0, 0.1) is 11.7 Å². The van der Waals surface area contributed by atoms with E-state index >= 15 is 0 Å². The van der Waals surface area contributed by atoms with Crippen molar-refractivity contribution in [2.45, 2.75) is 13.8 Å². The lowest BCUT2D eigenvalue weighted by atomic mass is 10.2. The number of nitrogen functional groups attached to an aromatic ring is 1. The SMILES string of the molecule is CC(C)COC(=O)Nc1ccc(F)cc1N. The van der Waals surface area contributed by atoms with Gasteiger partial charge in [-0.05, 0) is 24.1 Å². The number of carbonyl (C=O) groups is 1. The number of halogens is 1. The molecule has 0 unspecified atom stereocenters. The van der Waals surface area contributed by atoms with Crippen LogP contribution in [0.2, 0.25) is 0 Å². The molecule has 1 aromatic rings. The van der Waals surface area contributed by atoms with Crippen LogP contribution in [0.25, 0.3) is 0 Å². The number of nitrogens with one attached hydrogen (secondary N) is 1. The van der Waals surface area contributed by atoms with Gasteiger partial charge in [0.2, 0.25) is 0 Å². The van der Waals surface area contributed by atoms with E-state index in [0.717, 1.165) is 6.07 Å². The maximum absolute atomic E-state index is 12.7. The molecule has 0 radical (unpaired) electrons. The quantitative estimate of drug-likeness (QED) is 0.778. The summed E-state index contributed by atoms with van der Waals surface area (Å²) in [7, 11) is 0. The zero-order valence-electron chi connectivity index (χ0n) is 9.29. The largest absolute Gasteiger partial charge is 0.449 e. The molecule has 0 fully saturated rings. The van der Waals surface area contributed by atoms with E-state index in [-0.39, 0.29) is 11.6 Å². The summed E-state index contributed by atoms with van der Waals surface area (Å²) in [6, 6.07) is 3.74. The van der Waals surface area contributed by atoms with E-state index in [4.69, 9.17) is 10.5 Å². The topological polar surface area (TPSA) is 64.3 Å². The molecule has 0 saturated carbocycles. The van der Waals surface area contributed by atoms with Gasteiger partial charge < -0.3 is 10.5 Å². The molecule has 5 heteroatoms. The Balaban J connectivity index is 2.56. The molecular formula is C11H15FN2O2. The molecule has 1 rings (SSSR count). The van der Waals surface area contributed by atoms with E-state index in [2.05, 4.69) is 5.32 Å². The van der Waals surface area contributed by atoms with Crippen molar-refractivity contribution in [3.63, 3.8) is 0 Å². The number of ether oxygens (including phenoxy) is 1. The summed E-state index contributed by atoms with van der Waals surface area (Å²) in [6.07, 6.45) is -0.591. The molecule has 0 aliphatic rings. The van der Waals surface area contributed by atoms with Crippen molar-refractivity contribution in [3.8, 4) is 0 Å². The fourth-order valence-electron chi connectivity index (χ4n) is 1.04. The van der Waals surface area contributed by atoms with Crippen LogP contribution in [-0.4, -0.2) is 12.7 Å². The Labute approximate surface area is 93.6 Å². The highest BCUT2D eigenvalue weighted by Crippen LogP contribution is 2.19. The minimum absolute atomic E-state index is 0.168. The zero-order valence-corrected chi connectivity index (χ0v) is 9.29. The number of carbonyl (C=O) groups excluding carboxylic acids is 1. The summed E-state index contributed by atoms with van der Waals surface area (Å²) in [4.78, 5) is 11.3. The summed E-state index contributed by atoms with van der Waals surface area (Å²) in [6.45, 7) is 4.19. The molecular weight excluding hydrogens is 211 g/mol. The van der Waals surface area contributed by atoms with Crippen molar-refractivity contribution in [3.05, 3.63) is 24.0 Å². The third-order valence-corrected chi connectivity index (χ3v) is 1.80. The van der Waals surface area contributed by atoms with Gasteiger partial charge in [0.25, 0.3) is 0 Å². The first-order valence-corrected chi connectivity index (χ1v) is 4.98. The van der Waals surface area contributed by atoms with Gasteiger partial charge in [-0.3, -0.25) is 5.32 Å². The Hall–Kier alpha value is -1.78. The van der Waals surface area contributed by atoms with E-state index in [0.29, 0.717) is 12.3 Å². The number of hydrogen-bond acceptors (Lipinski definition) is 3. The first-order chi connectivity index (χ1) is 7.49. The molecule has 0 aromatic heterocycles. The van der Waals surface area contributed by atoms with Crippen LogP contribution in [0.1, 0.15) is 13.8 Å². The van der Waals surface area contributed by atoms with Crippen LogP contribution in [-0.2, 0) is 4.74 Å². The first kappa shape index (κ1) is 12.3. The number of amides is 1. The van der Waals surface area contributed by atoms with Crippen LogP contribution in [0.3, 0.4) is 0 Å². The molecule has 88 valence electrons. The minimum atomic E-state index is -0.591. The second kappa shape index (κ2) is 5.34. The van der Waals surface area contributed by atoms with Gasteiger partial charge >= 0.3 is 6.09 Å². The molecule has 0 heterocycles. The summed E-state index contributed by atoms with van der Waals surface area (Å²) in [5, 5.41) is 2.44. The molecule has 0 bridgehead atoms. The minimum Gasteiger partial charge on any atom is -0.449 e. The molecule has 0 atom stereocenters. The van der Waals surface area contributed by atoms with Crippen molar-refractivity contribution in [1.82, 2.24) is 0 Å². The fraction of sp³-hybridized carbons (Fsp3) is 0.364. The summed E-state index contributed by atoms with van der Waals surface area (Å²) < 4.78 is 17.6. The lowest BCUT2D eigenvalue weighted by Crippen LogP contribution is -2.17. The highest BCUT2D eigenvalue weighted by atomic mass is 19.1. The molecule has 0 spiro atoms. The maximum Gasteiger partial charge on any atom is 0.411 e. The molecule has 16 heavy (non-hydrogen) atoms. The lowest BCUT2D eigenvalue weighted by molar-refractivity contribution is 0.147. The highest BCUT2D eigenvalue weighted by molar-refractivity contribution is 5.88. The van der Waals surface area contributed by atoms with Gasteiger partial charge in [-0.2, -0.15) is 0 Å². The number of nitrogens with two attached hydrogens (primary N) is 1. The molecule has 0 aliphatic heterocycles. The van der Waals surface area contributed by atoms with Crippen LogP contribution in [0.4, 0.5) is 20.6 Å². The maximum atomic E-state index is 12.7. The van der Waals surface area contributed by atoms with Gasteiger partial charge in [0, 0.05) is 0 Å². The smallest absolute Gasteiger partial charge is 0.411 e. The van der Waals surface area contributed by atoms with Crippen molar-refractivity contribution in [2.24, 2.45) is 5.92 Å². The van der Waals surface area contributed by atoms with Crippen LogP contribution >= 0.6 is 0 Å². The summed E-state index contributed by atoms with van der Waals surface area (Å²) in [5.41, 5.74) is 6.03. The van der Waals surface area contributed by atoms with Gasteiger partial charge in [-0.25, -0.2) is 9.18 Å². The molecule has 1 aromatic carbocycles. The summed E-state index contributed by atoms with van der Waals surface area (Å²) >= 11 is 0. The van der Waals surface area contributed by atoms with E-state index in [1.165, 1.54) is 12.1 Å². The third kappa shape index (κ3) is 3.76. The number of hydrogen-bond donors (Lipinski definition) is 2. The van der Waals surface area contributed by atoms with Crippen LogP contribution in [0.15, 0.2) is 18.2 Å². The Kier molecular flexibility index (Phi) is 4.10. The average Bonchev–Trinajstić information content (AvgIpc) is 2.19. The Morgan fingerprint density at radius 3 is 2.81 bits per heavy atom. The Morgan fingerprint density at radius 2 is 2.25 bits per heavy atom. The molecule has 0 aliphatic carbocycles. The second-order valence-corrected chi connectivity index (χ2v) is 3.85. The van der Waals surface area contributed by atoms with Gasteiger partial charge in [0.15, 0.2) is 0 Å². The standard InChI is InChI=1S/C11H15FN2O2/c1-7(2)6-16-11(15)14-10-4-3-8(12)5-9(10)13/h3-5,7H,6,13H2,1-2H3,(H,14,15). The molecule has 0 saturated heterocycles. The number of benzene rings is 1. The van der Waals surface area contributed by atoms with E-state index in [1.54, 1.807) is 0 Å². The number of rotatable bonds is 3. The monoisotopic (exact) mass is 226 g/mol. The molecule has 1 amide bonds. The van der Waals surface area contributed by atoms with E-state index < -0.39 is 11.9 Å². The predicted molar refractivity (Wildman–Crippen MR) is 60.6 cm³/mol. The number of anilines is 2. The highest BCUT2D eigenvalue weighted by Gasteiger charge is 2.07. The van der Waals surface area contributed by atoms with E-state index in [9.17, 15) is 9.18 Å². The van der Waals surface area contributed by atoms with E-state index in [1.807, 2.05) is 13.8 Å². The van der Waals surface area contributed by atoms with Crippen molar-refractivity contribution >= 4 is 17.5 Å². The second-order valence-electron chi connectivity index (χ2n) is 3.85. The Morgan fingerprint density at radius 1 is 1.56 bits per heavy atom. The third-order valence-electron chi connectivity index (χ3n) is 1.80. The lowest BCUT2D eigenvalue weighted by Gasteiger charge is -2.10. The van der Waals surface area contributed by atoms with Gasteiger partial charge in [0.05, 0.1) is 18.0 Å². The van der Waals surface area contributed by atoms with Gasteiger partial charge in [0.1, 0.15) is 5.82 Å². The van der Waals surface area contributed by atoms with Gasteiger partial charge in [-0.15, -0.1) is 0 Å². The van der Waals surface area contributed by atoms with Crippen molar-refractivity contribution in [2.75, 3.05) is 17.7 Å². The van der Waals surface area contributed by atoms with Crippen molar-refractivity contribution < 1.29 is 13.9 Å². The van der Waals surface area contributed by atoms with Crippen molar-refractivity contribution in [1.29, 1.82) is 0 Å². The predicted octanol–water partition coefficient (Wildman–Crippen LogP) is 2.61.